The Morgan fingerprint density at radius 1 is 0.619 bits per heavy atom. The molecule has 0 radical (unpaired) electrons. The highest BCUT2D eigenvalue weighted by Crippen LogP contribution is 2.30. The molecule has 0 aliphatic rings. The molecule has 0 fully saturated rings. The van der Waals surface area contributed by atoms with Crippen LogP contribution in [0.25, 0.3) is 0 Å². The first-order chi connectivity index (χ1) is 10.4. The summed E-state index contributed by atoms with van der Waals surface area (Å²) >= 11 is 1.55. The molecule has 0 heterocycles. The van der Waals surface area contributed by atoms with Gasteiger partial charge >= 0.3 is 0 Å². The van der Waals surface area contributed by atoms with Gasteiger partial charge in [0.25, 0.3) is 0 Å². The Bertz CT molecular complexity index is 617. The van der Waals surface area contributed by atoms with E-state index in [1.807, 2.05) is 83.3 Å². The van der Waals surface area contributed by atoms with Crippen LogP contribution in [0.5, 0.6) is 5.75 Å². The second kappa shape index (κ2) is 6.86. The maximum atomic E-state index is 6.00. The van der Waals surface area contributed by atoms with E-state index in [0.29, 0.717) is 0 Å². The summed E-state index contributed by atoms with van der Waals surface area (Å²) in [5, 5.41) is 0. The molecule has 0 saturated heterocycles. The third-order valence-electron chi connectivity index (χ3n) is 2.83. The zero-order valence-electron chi connectivity index (χ0n) is 11.4. The third kappa shape index (κ3) is 3.80. The van der Waals surface area contributed by atoms with Gasteiger partial charge in [-0.2, -0.15) is 0 Å². The predicted molar refractivity (Wildman–Crippen MR) is 88.3 cm³/mol. The van der Waals surface area contributed by atoms with Gasteiger partial charge in [0.2, 0.25) is 0 Å². The standard InChI is InChI=1S/C18H15NOS/c1-4-10-16(11-5-1)19(20-17-12-6-2-7-13-17)21-18-14-8-3-9-15-18/h1-15H. The number of hydrogen-bond donors (Lipinski definition) is 0. The highest BCUT2D eigenvalue weighted by molar-refractivity contribution is 8.00. The summed E-state index contributed by atoms with van der Waals surface area (Å²) in [6.07, 6.45) is 0. The molecular weight excluding hydrogens is 278 g/mol. The molecule has 3 heteroatoms. The summed E-state index contributed by atoms with van der Waals surface area (Å²) in [6, 6.07) is 30.0. The van der Waals surface area contributed by atoms with Gasteiger partial charge in [-0.25, -0.2) is 0 Å². The molecule has 0 bridgehead atoms. The maximum Gasteiger partial charge on any atom is 0.156 e. The lowest BCUT2D eigenvalue weighted by atomic mass is 10.3. The molecule has 3 rings (SSSR count). The van der Waals surface area contributed by atoms with Crippen LogP contribution in [0.1, 0.15) is 0 Å². The normalized spacial score (nSPS) is 10.1. The maximum absolute atomic E-state index is 6.00. The average Bonchev–Trinajstić information content (AvgIpc) is 2.57. The van der Waals surface area contributed by atoms with Crippen molar-refractivity contribution in [3.63, 3.8) is 0 Å². The van der Waals surface area contributed by atoms with E-state index in [0.717, 1.165) is 16.3 Å². The SMILES string of the molecule is c1ccc(ON(Sc2ccccc2)c2ccccc2)cc1. The lowest BCUT2D eigenvalue weighted by molar-refractivity contribution is 0.353. The van der Waals surface area contributed by atoms with Crippen molar-refractivity contribution in [1.29, 1.82) is 0 Å². The number of nitrogens with zero attached hydrogens (tertiary/aromatic N) is 1. The Morgan fingerprint density at radius 2 is 1.14 bits per heavy atom. The first kappa shape index (κ1) is 13.6. The van der Waals surface area contributed by atoms with Crippen LogP contribution in [0.2, 0.25) is 0 Å². The Balaban J connectivity index is 1.84. The van der Waals surface area contributed by atoms with Crippen molar-refractivity contribution in [2.75, 3.05) is 4.47 Å². The third-order valence-corrected chi connectivity index (χ3v) is 3.76. The predicted octanol–water partition coefficient (Wildman–Crippen LogP) is 5.19. The van der Waals surface area contributed by atoms with Gasteiger partial charge in [0.1, 0.15) is 0 Å². The fraction of sp³-hybridized carbons (Fsp3) is 0. The number of benzene rings is 3. The van der Waals surface area contributed by atoms with E-state index in [1.54, 1.807) is 11.9 Å². The van der Waals surface area contributed by atoms with Crippen LogP contribution in [0.3, 0.4) is 0 Å². The van der Waals surface area contributed by atoms with Crippen molar-refractivity contribution in [1.82, 2.24) is 0 Å². The zero-order chi connectivity index (χ0) is 14.3. The molecule has 0 aliphatic carbocycles. The minimum atomic E-state index is 0.810. The Kier molecular flexibility index (Phi) is 4.44. The van der Waals surface area contributed by atoms with E-state index in [9.17, 15) is 0 Å². The lowest BCUT2D eigenvalue weighted by Crippen LogP contribution is -2.18. The molecule has 0 N–H and O–H groups in total. The summed E-state index contributed by atoms with van der Waals surface area (Å²) in [7, 11) is 0. The van der Waals surface area contributed by atoms with Crippen LogP contribution in [-0.2, 0) is 0 Å². The average molecular weight is 293 g/mol. The second-order valence-electron chi connectivity index (χ2n) is 4.40. The van der Waals surface area contributed by atoms with Crippen molar-refractivity contribution < 1.29 is 4.84 Å². The molecule has 0 aliphatic heterocycles. The fourth-order valence-corrected chi connectivity index (χ4v) is 2.65. The fourth-order valence-electron chi connectivity index (χ4n) is 1.83. The molecular formula is C18H15NOS. The lowest BCUT2D eigenvalue weighted by Gasteiger charge is -2.22. The van der Waals surface area contributed by atoms with E-state index in [-0.39, 0.29) is 0 Å². The van der Waals surface area contributed by atoms with Gasteiger partial charge in [0.15, 0.2) is 5.75 Å². The zero-order valence-corrected chi connectivity index (χ0v) is 12.2. The van der Waals surface area contributed by atoms with Crippen LogP contribution in [0.15, 0.2) is 95.9 Å². The van der Waals surface area contributed by atoms with Crippen molar-refractivity contribution >= 4 is 17.6 Å². The molecule has 0 unspecified atom stereocenters. The van der Waals surface area contributed by atoms with Crippen LogP contribution in [0.4, 0.5) is 5.69 Å². The number of anilines is 1. The van der Waals surface area contributed by atoms with E-state index in [2.05, 4.69) is 12.1 Å². The van der Waals surface area contributed by atoms with Crippen molar-refractivity contribution in [3.8, 4) is 5.75 Å². The molecule has 0 aromatic heterocycles. The largest absolute Gasteiger partial charge is 0.368 e. The summed E-state index contributed by atoms with van der Waals surface area (Å²) in [6.45, 7) is 0. The van der Waals surface area contributed by atoms with E-state index >= 15 is 0 Å². The van der Waals surface area contributed by atoms with Crippen molar-refractivity contribution in [2.24, 2.45) is 0 Å². The summed E-state index contributed by atoms with van der Waals surface area (Å²) in [4.78, 5) is 7.12. The van der Waals surface area contributed by atoms with Crippen LogP contribution in [-0.4, -0.2) is 0 Å². The summed E-state index contributed by atoms with van der Waals surface area (Å²) in [5.41, 5.74) is 0.996. The van der Waals surface area contributed by atoms with E-state index in [4.69, 9.17) is 4.84 Å². The Labute approximate surface area is 129 Å². The van der Waals surface area contributed by atoms with Crippen LogP contribution in [0, 0.1) is 0 Å². The van der Waals surface area contributed by atoms with Crippen LogP contribution >= 0.6 is 11.9 Å². The molecule has 0 amide bonds. The molecule has 3 aromatic carbocycles. The molecule has 3 aromatic rings. The number of para-hydroxylation sites is 2. The van der Waals surface area contributed by atoms with E-state index in [1.165, 1.54) is 0 Å². The Hall–Kier alpha value is -2.39. The van der Waals surface area contributed by atoms with Crippen molar-refractivity contribution in [2.45, 2.75) is 4.90 Å². The number of hydrogen-bond acceptors (Lipinski definition) is 3. The molecule has 0 atom stereocenters. The highest BCUT2D eigenvalue weighted by Gasteiger charge is 2.10. The Morgan fingerprint density at radius 3 is 1.76 bits per heavy atom. The highest BCUT2D eigenvalue weighted by atomic mass is 32.2. The van der Waals surface area contributed by atoms with Gasteiger partial charge in [0, 0.05) is 16.8 Å². The molecule has 104 valence electrons. The second-order valence-corrected chi connectivity index (χ2v) is 5.39. The summed E-state index contributed by atoms with van der Waals surface area (Å²) in [5.74, 6) is 0.810. The first-order valence-corrected chi connectivity index (χ1v) is 7.50. The summed E-state index contributed by atoms with van der Waals surface area (Å²) < 4.78 is 1.82. The minimum absolute atomic E-state index is 0.810. The topological polar surface area (TPSA) is 12.5 Å². The molecule has 21 heavy (non-hydrogen) atoms. The van der Waals surface area contributed by atoms with Gasteiger partial charge in [-0.05, 0) is 36.4 Å². The van der Waals surface area contributed by atoms with Crippen LogP contribution < -0.4 is 9.31 Å². The van der Waals surface area contributed by atoms with E-state index < -0.39 is 0 Å². The van der Waals surface area contributed by atoms with Crippen molar-refractivity contribution in [3.05, 3.63) is 91.0 Å². The van der Waals surface area contributed by atoms with Gasteiger partial charge in [-0.15, -0.1) is 4.47 Å². The quantitative estimate of drug-likeness (QED) is 0.474. The number of rotatable bonds is 5. The monoisotopic (exact) mass is 293 g/mol. The van der Waals surface area contributed by atoms with Gasteiger partial charge in [0.05, 0.1) is 5.69 Å². The molecule has 2 nitrogen and oxygen atoms in total. The first-order valence-electron chi connectivity index (χ1n) is 6.73. The van der Waals surface area contributed by atoms with Gasteiger partial charge in [-0.1, -0.05) is 54.6 Å². The smallest absolute Gasteiger partial charge is 0.156 e. The minimum Gasteiger partial charge on any atom is -0.368 e. The van der Waals surface area contributed by atoms with Gasteiger partial charge in [-0.3, -0.25) is 0 Å². The molecule has 0 saturated carbocycles. The van der Waals surface area contributed by atoms with Gasteiger partial charge < -0.3 is 4.84 Å². The molecule has 0 spiro atoms.